The Kier molecular flexibility index (Phi) is 9.09. The first kappa shape index (κ1) is 17.0. The quantitative estimate of drug-likeness (QED) is 0.651. The Balaban J connectivity index is 2.00. The second-order valence-electron chi connectivity index (χ2n) is 4.94. The minimum Gasteiger partial charge on any atom is -0.356 e. The molecule has 0 heterocycles. The molecule has 0 bridgehead atoms. The minimum absolute atomic E-state index is 0.136. The van der Waals surface area contributed by atoms with E-state index in [1.165, 1.54) is 18.4 Å². The zero-order valence-electron chi connectivity index (χ0n) is 12.3. The lowest BCUT2D eigenvalue weighted by molar-refractivity contribution is -0.121. The summed E-state index contributed by atoms with van der Waals surface area (Å²) in [5, 5.41) is 6.99. The molecule has 1 aromatic rings. The average Bonchev–Trinajstić information content (AvgIpc) is 2.43. The van der Waals surface area contributed by atoms with E-state index < -0.39 is 0 Å². The monoisotopic (exact) mass is 296 g/mol. The van der Waals surface area contributed by atoms with Gasteiger partial charge in [-0.15, -0.1) is 0 Å². The van der Waals surface area contributed by atoms with Crippen molar-refractivity contribution in [1.82, 2.24) is 10.6 Å². The van der Waals surface area contributed by atoms with Crippen LogP contribution in [0.2, 0.25) is 5.02 Å². The Morgan fingerprint density at radius 3 is 2.80 bits per heavy atom. The number of benzene rings is 1. The lowest BCUT2D eigenvalue weighted by Crippen LogP contribution is -2.29. The van der Waals surface area contributed by atoms with Crippen LogP contribution in [0.25, 0.3) is 0 Å². The van der Waals surface area contributed by atoms with Crippen molar-refractivity contribution in [2.24, 2.45) is 0 Å². The first-order valence-corrected chi connectivity index (χ1v) is 7.82. The summed E-state index contributed by atoms with van der Waals surface area (Å²) in [4.78, 5) is 11.5. The molecular formula is C16H25ClN2O. The van der Waals surface area contributed by atoms with Gasteiger partial charge in [-0.05, 0) is 37.1 Å². The highest BCUT2D eigenvalue weighted by molar-refractivity contribution is 6.30. The molecular weight excluding hydrogens is 272 g/mol. The van der Waals surface area contributed by atoms with Gasteiger partial charge in [-0.3, -0.25) is 4.79 Å². The Morgan fingerprint density at radius 2 is 2.05 bits per heavy atom. The third-order valence-corrected chi connectivity index (χ3v) is 3.35. The zero-order valence-corrected chi connectivity index (χ0v) is 13.0. The molecule has 0 fully saturated rings. The Bertz CT molecular complexity index is 396. The predicted octanol–water partition coefficient (Wildman–Crippen LogP) is 3.17. The highest BCUT2D eigenvalue weighted by atomic mass is 35.5. The number of unbranched alkanes of at least 4 members (excludes halogenated alkanes) is 2. The van der Waals surface area contributed by atoms with Gasteiger partial charge >= 0.3 is 0 Å². The molecule has 20 heavy (non-hydrogen) atoms. The average molecular weight is 297 g/mol. The fourth-order valence-corrected chi connectivity index (χ4v) is 2.16. The van der Waals surface area contributed by atoms with E-state index in [4.69, 9.17) is 11.6 Å². The third-order valence-electron chi connectivity index (χ3n) is 3.11. The van der Waals surface area contributed by atoms with E-state index in [1.54, 1.807) is 0 Å². The molecule has 0 saturated carbocycles. The fourth-order valence-electron chi connectivity index (χ4n) is 1.94. The van der Waals surface area contributed by atoms with Gasteiger partial charge in [0.25, 0.3) is 0 Å². The number of hydrogen-bond acceptors (Lipinski definition) is 2. The fraction of sp³-hybridized carbons (Fsp3) is 0.562. The van der Waals surface area contributed by atoms with E-state index in [2.05, 4.69) is 23.6 Å². The first-order valence-electron chi connectivity index (χ1n) is 7.44. The molecule has 1 rings (SSSR count). The van der Waals surface area contributed by atoms with E-state index in [-0.39, 0.29) is 5.91 Å². The molecule has 0 aliphatic rings. The molecule has 0 aromatic heterocycles. The molecule has 3 nitrogen and oxygen atoms in total. The van der Waals surface area contributed by atoms with Gasteiger partial charge in [0.05, 0.1) is 0 Å². The van der Waals surface area contributed by atoms with Crippen LogP contribution in [-0.4, -0.2) is 25.5 Å². The van der Waals surface area contributed by atoms with Crippen LogP contribution < -0.4 is 10.6 Å². The number of rotatable bonds is 10. The van der Waals surface area contributed by atoms with E-state index in [9.17, 15) is 4.79 Å². The standard InChI is InChI=1S/C16H25ClN2O/c1-2-3-4-10-19-16(20)9-12-18-11-8-14-6-5-7-15(17)13-14/h5-7,13,18H,2-4,8-12H2,1H3,(H,19,20). The lowest BCUT2D eigenvalue weighted by atomic mass is 10.1. The number of carbonyl (C=O) groups is 1. The third kappa shape index (κ3) is 8.18. The van der Waals surface area contributed by atoms with Gasteiger partial charge in [0.1, 0.15) is 0 Å². The van der Waals surface area contributed by atoms with Crippen molar-refractivity contribution in [3.05, 3.63) is 34.9 Å². The van der Waals surface area contributed by atoms with Crippen molar-refractivity contribution in [3.8, 4) is 0 Å². The number of hydrogen-bond donors (Lipinski definition) is 2. The lowest BCUT2D eigenvalue weighted by Gasteiger charge is -2.06. The van der Waals surface area contributed by atoms with Gasteiger partial charge in [-0.25, -0.2) is 0 Å². The van der Waals surface area contributed by atoms with Crippen LogP contribution in [-0.2, 0) is 11.2 Å². The van der Waals surface area contributed by atoms with Gasteiger partial charge < -0.3 is 10.6 Å². The number of nitrogens with one attached hydrogen (secondary N) is 2. The number of halogens is 1. The van der Waals surface area contributed by atoms with Crippen molar-refractivity contribution >= 4 is 17.5 Å². The van der Waals surface area contributed by atoms with E-state index in [1.807, 2.05) is 18.2 Å². The molecule has 112 valence electrons. The summed E-state index contributed by atoms with van der Waals surface area (Å²) >= 11 is 5.92. The molecule has 0 spiro atoms. The zero-order chi connectivity index (χ0) is 14.6. The SMILES string of the molecule is CCCCCNC(=O)CCNCCc1cccc(Cl)c1. The van der Waals surface area contributed by atoms with Gasteiger partial charge in [0, 0.05) is 24.5 Å². The Hall–Kier alpha value is -1.06. The number of carbonyl (C=O) groups excluding carboxylic acids is 1. The van der Waals surface area contributed by atoms with Gasteiger partial charge in [-0.1, -0.05) is 43.5 Å². The Labute approximate surface area is 127 Å². The second-order valence-corrected chi connectivity index (χ2v) is 5.37. The van der Waals surface area contributed by atoms with Crippen LogP contribution >= 0.6 is 11.6 Å². The van der Waals surface area contributed by atoms with Crippen LogP contribution in [0.4, 0.5) is 0 Å². The van der Waals surface area contributed by atoms with E-state index >= 15 is 0 Å². The molecule has 4 heteroatoms. The number of amides is 1. The van der Waals surface area contributed by atoms with Crippen molar-refractivity contribution in [2.75, 3.05) is 19.6 Å². The maximum Gasteiger partial charge on any atom is 0.221 e. The maximum atomic E-state index is 11.5. The summed E-state index contributed by atoms with van der Waals surface area (Å²) in [6.07, 6.45) is 4.91. The highest BCUT2D eigenvalue weighted by Gasteiger charge is 2.00. The first-order chi connectivity index (χ1) is 9.72. The topological polar surface area (TPSA) is 41.1 Å². The Morgan fingerprint density at radius 1 is 1.20 bits per heavy atom. The molecule has 0 radical (unpaired) electrons. The molecule has 0 aliphatic heterocycles. The van der Waals surface area contributed by atoms with Crippen LogP contribution in [0, 0.1) is 0 Å². The summed E-state index contributed by atoms with van der Waals surface area (Å²) in [7, 11) is 0. The van der Waals surface area contributed by atoms with E-state index in [0.29, 0.717) is 6.42 Å². The molecule has 0 saturated heterocycles. The smallest absolute Gasteiger partial charge is 0.221 e. The van der Waals surface area contributed by atoms with Crippen LogP contribution in [0.5, 0.6) is 0 Å². The van der Waals surface area contributed by atoms with Crippen LogP contribution in [0.15, 0.2) is 24.3 Å². The summed E-state index contributed by atoms with van der Waals surface area (Å²) in [5.41, 5.74) is 1.22. The van der Waals surface area contributed by atoms with Crippen LogP contribution in [0.1, 0.15) is 38.2 Å². The highest BCUT2D eigenvalue weighted by Crippen LogP contribution is 2.10. The van der Waals surface area contributed by atoms with Crippen molar-refractivity contribution in [1.29, 1.82) is 0 Å². The largest absolute Gasteiger partial charge is 0.356 e. The summed E-state index contributed by atoms with van der Waals surface area (Å²) in [6.45, 7) is 4.55. The van der Waals surface area contributed by atoms with Crippen molar-refractivity contribution in [2.45, 2.75) is 39.0 Å². The second kappa shape index (κ2) is 10.7. The summed E-state index contributed by atoms with van der Waals surface area (Å²) < 4.78 is 0. The van der Waals surface area contributed by atoms with Gasteiger partial charge in [0.15, 0.2) is 0 Å². The predicted molar refractivity (Wildman–Crippen MR) is 85.2 cm³/mol. The van der Waals surface area contributed by atoms with Gasteiger partial charge in [-0.2, -0.15) is 0 Å². The van der Waals surface area contributed by atoms with Gasteiger partial charge in [0.2, 0.25) is 5.91 Å². The molecule has 1 aromatic carbocycles. The molecule has 0 unspecified atom stereocenters. The van der Waals surface area contributed by atoms with Crippen LogP contribution in [0.3, 0.4) is 0 Å². The van der Waals surface area contributed by atoms with E-state index in [0.717, 1.165) is 37.5 Å². The molecule has 1 amide bonds. The van der Waals surface area contributed by atoms with Crippen molar-refractivity contribution in [3.63, 3.8) is 0 Å². The van der Waals surface area contributed by atoms with Crippen molar-refractivity contribution < 1.29 is 4.79 Å². The summed E-state index contributed by atoms with van der Waals surface area (Å²) in [6, 6.07) is 7.88. The molecule has 2 N–H and O–H groups in total. The molecule has 0 atom stereocenters. The maximum absolute atomic E-state index is 11.5. The summed E-state index contributed by atoms with van der Waals surface area (Å²) in [5.74, 6) is 0.136. The molecule has 0 aliphatic carbocycles. The normalized spacial score (nSPS) is 10.5. The minimum atomic E-state index is 0.136.